The van der Waals surface area contributed by atoms with Crippen LogP contribution in [0.1, 0.15) is 25.0 Å². The minimum Gasteiger partial charge on any atom is -0.0616 e. The monoisotopic (exact) mass is 344 g/mol. The number of rotatable bonds is 0. The average Bonchev–Trinajstić information content (AvgIpc) is 2.95. The van der Waals surface area contributed by atoms with E-state index in [0.717, 1.165) is 0 Å². The van der Waals surface area contributed by atoms with E-state index in [4.69, 9.17) is 0 Å². The molecule has 0 amide bonds. The van der Waals surface area contributed by atoms with E-state index in [1.54, 1.807) is 0 Å². The quantitative estimate of drug-likeness (QED) is 0.256. The first-order valence-corrected chi connectivity index (χ1v) is 9.64. The Morgan fingerprint density at radius 3 is 1.78 bits per heavy atom. The van der Waals surface area contributed by atoms with E-state index in [1.807, 2.05) is 0 Å². The zero-order valence-corrected chi connectivity index (χ0v) is 15.6. The van der Waals surface area contributed by atoms with Crippen molar-refractivity contribution in [3.63, 3.8) is 0 Å². The van der Waals surface area contributed by atoms with Crippen molar-refractivity contribution < 1.29 is 0 Å². The van der Waals surface area contributed by atoms with Crippen molar-refractivity contribution in [1.29, 1.82) is 0 Å². The maximum Gasteiger partial charge on any atom is 0.0171 e. The predicted molar refractivity (Wildman–Crippen MR) is 117 cm³/mol. The van der Waals surface area contributed by atoms with Crippen LogP contribution < -0.4 is 0 Å². The molecule has 6 rings (SSSR count). The van der Waals surface area contributed by atoms with Crippen LogP contribution in [-0.2, 0) is 5.41 Å². The van der Waals surface area contributed by atoms with Crippen molar-refractivity contribution in [2.24, 2.45) is 0 Å². The van der Waals surface area contributed by atoms with Crippen LogP contribution >= 0.6 is 0 Å². The Hall–Kier alpha value is -3.12. The SMILES string of the molecule is CC1(C)c2c(ccc3ccccc23)-c2ccc3ccc4ccccc4c3c21. The van der Waals surface area contributed by atoms with Gasteiger partial charge in [-0.05, 0) is 54.6 Å². The molecule has 0 aromatic heterocycles. The molecule has 0 N–H and O–H groups in total. The average molecular weight is 344 g/mol. The van der Waals surface area contributed by atoms with Crippen LogP contribution in [0.2, 0.25) is 0 Å². The lowest BCUT2D eigenvalue weighted by Gasteiger charge is -2.25. The fraction of sp³-hybridized carbons (Fsp3) is 0.111. The van der Waals surface area contributed by atoms with Gasteiger partial charge >= 0.3 is 0 Å². The van der Waals surface area contributed by atoms with Crippen LogP contribution in [0.4, 0.5) is 0 Å². The number of fused-ring (bicyclic) bond motifs is 9. The second-order valence-electron chi connectivity index (χ2n) is 8.21. The van der Waals surface area contributed by atoms with E-state index in [1.165, 1.54) is 54.6 Å². The van der Waals surface area contributed by atoms with Gasteiger partial charge in [0.15, 0.2) is 0 Å². The molecule has 0 unspecified atom stereocenters. The molecule has 0 radical (unpaired) electrons. The molecule has 5 aromatic rings. The van der Waals surface area contributed by atoms with Crippen LogP contribution in [0.3, 0.4) is 0 Å². The first-order valence-electron chi connectivity index (χ1n) is 9.64. The molecule has 0 atom stereocenters. The van der Waals surface area contributed by atoms with Gasteiger partial charge in [0, 0.05) is 5.41 Å². The molecule has 1 aliphatic carbocycles. The Morgan fingerprint density at radius 1 is 0.481 bits per heavy atom. The van der Waals surface area contributed by atoms with E-state index >= 15 is 0 Å². The number of hydrogen-bond donors (Lipinski definition) is 0. The minimum absolute atomic E-state index is 0.0326. The maximum atomic E-state index is 2.39. The van der Waals surface area contributed by atoms with Gasteiger partial charge in [-0.3, -0.25) is 0 Å². The van der Waals surface area contributed by atoms with Crippen molar-refractivity contribution >= 4 is 32.3 Å². The Balaban J connectivity index is 1.84. The van der Waals surface area contributed by atoms with Crippen molar-refractivity contribution in [3.8, 4) is 11.1 Å². The van der Waals surface area contributed by atoms with E-state index in [-0.39, 0.29) is 5.41 Å². The van der Waals surface area contributed by atoms with Gasteiger partial charge in [0.05, 0.1) is 0 Å². The lowest BCUT2D eigenvalue weighted by atomic mass is 9.78. The molecule has 0 saturated carbocycles. The fourth-order valence-electron chi connectivity index (χ4n) is 5.27. The van der Waals surface area contributed by atoms with E-state index in [0.29, 0.717) is 0 Å². The summed E-state index contributed by atoms with van der Waals surface area (Å²) in [4.78, 5) is 0. The third-order valence-electron chi connectivity index (χ3n) is 6.38. The van der Waals surface area contributed by atoms with E-state index < -0.39 is 0 Å². The Kier molecular flexibility index (Phi) is 2.77. The Labute approximate surface area is 159 Å². The van der Waals surface area contributed by atoms with Crippen LogP contribution in [0.25, 0.3) is 43.4 Å². The zero-order valence-electron chi connectivity index (χ0n) is 15.6. The first kappa shape index (κ1) is 15.0. The second-order valence-corrected chi connectivity index (χ2v) is 8.21. The predicted octanol–water partition coefficient (Wildman–Crippen LogP) is 7.45. The largest absolute Gasteiger partial charge is 0.0616 e. The smallest absolute Gasteiger partial charge is 0.0171 e. The molecule has 5 aromatic carbocycles. The Bertz CT molecular complexity index is 1390. The summed E-state index contributed by atoms with van der Waals surface area (Å²) in [5.41, 5.74) is 5.70. The van der Waals surface area contributed by atoms with Crippen LogP contribution in [0, 0.1) is 0 Å². The van der Waals surface area contributed by atoms with Crippen LogP contribution in [0.15, 0.2) is 84.9 Å². The summed E-state index contributed by atoms with van der Waals surface area (Å²) in [5, 5.41) is 8.12. The molecule has 0 fully saturated rings. The van der Waals surface area contributed by atoms with E-state index in [9.17, 15) is 0 Å². The molecule has 0 heterocycles. The highest BCUT2D eigenvalue weighted by Gasteiger charge is 2.38. The first-order chi connectivity index (χ1) is 13.2. The molecular formula is C27H20. The van der Waals surface area contributed by atoms with Gasteiger partial charge < -0.3 is 0 Å². The minimum atomic E-state index is -0.0326. The highest BCUT2D eigenvalue weighted by atomic mass is 14.4. The molecule has 0 aliphatic heterocycles. The van der Waals surface area contributed by atoms with Gasteiger partial charge in [0.2, 0.25) is 0 Å². The second kappa shape index (κ2) is 4.98. The molecule has 128 valence electrons. The highest BCUT2D eigenvalue weighted by Crippen LogP contribution is 2.54. The normalized spacial score (nSPS) is 14.6. The summed E-state index contributed by atoms with van der Waals surface area (Å²) in [6.07, 6.45) is 0. The van der Waals surface area contributed by atoms with Gasteiger partial charge in [0.1, 0.15) is 0 Å². The van der Waals surface area contributed by atoms with Crippen LogP contribution in [-0.4, -0.2) is 0 Å². The molecular weight excluding hydrogens is 324 g/mol. The zero-order chi connectivity index (χ0) is 18.2. The summed E-state index contributed by atoms with van der Waals surface area (Å²) < 4.78 is 0. The lowest BCUT2D eigenvalue weighted by Crippen LogP contribution is -2.16. The lowest BCUT2D eigenvalue weighted by molar-refractivity contribution is 0.672. The molecule has 0 bridgehead atoms. The molecule has 27 heavy (non-hydrogen) atoms. The third kappa shape index (κ3) is 1.83. The van der Waals surface area contributed by atoms with Gasteiger partial charge in [-0.2, -0.15) is 0 Å². The summed E-state index contributed by atoms with van der Waals surface area (Å²) in [6.45, 7) is 4.79. The number of hydrogen-bond acceptors (Lipinski definition) is 0. The summed E-state index contributed by atoms with van der Waals surface area (Å²) in [7, 11) is 0. The van der Waals surface area contributed by atoms with Gasteiger partial charge in [0.25, 0.3) is 0 Å². The molecule has 0 spiro atoms. The summed E-state index contributed by atoms with van der Waals surface area (Å²) in [5.74, 6) is 0. The van der Waals surface area contributed by atoms with E-state index in [2.05, 4.69) is 98.8 Å². The standard InChI is InChI=1S/C27H20/c1-27(2)25-21-10-6-4-8-18(21)13-15-22(25)23-16-14-19-12-11-17-7-3-5-9-20(17)24(19)26(23)27/h3-16H,1-2H3. The summed E-state index contributed by atoms with van der Waals surface area (Å²) in [6, 6.07) is 31.3. The summed E-state index contributed by atoms with van der Waals surface area (Å²) >= 11 is 0. The number of benzene rings is 5. The van der Waals surface area contributed by atoms with Gasteiger partial charge in [-0.25, -0.2) is 0 Å². The van der Waals surface area contributed by atoms with Crippen molar-refractivity contribution in [3.05, 3.63) is 96.1 Å². The third-order valence-corrected chi connectivity index (χ3v) is 6.38. The van der Waals surface area contributed by atoms with Gasteiger partial charge in [-0.1, -0.05) is 98.8 Å². The highest BCUT2D eigenvalue weighted by molar-refractivity contribution is 6.14. The van der Waals surface area contributed by atoms with Crippen LogP contribution in [0.5, 0.6) is 0 Å². The molecule has 0 saturated heterocycles. The topological polar surface area (TPSA) is 0 Å². The van der Waals surface area contributed by atoms with Crippen molar-refractivity contribution in [1.82, 2.24) is 0 Å². The fourth-order valence-corrected chi connectivity index (χ4v) is 5.27. The molecule has 1 aliphatic rings. The Morgan fingerprint density at radius 2 is 1.00 bits per heavy atom. The maximum absolute atomic E-state index is 2.39. The molecule has 0 nitrogen and oxygen atoms in total. The van der Waals surface area contributed by atoms with Crippen molar-refractivity contribution in [2.45, 2.75) is 19.3 Å². The van der Waals surface area contributed by atoms with Crippen molar-refractivity contribution in [2.75, 3.05) is 0 Å². The van der Waals surface area contributed by atoms with Gasteiger partial charge in [-0.15, -0.1) is 0 Å². The molecule has 0 heteroatoms.